The smallest absolute Gasteiger partial charge is 0.243 e. The lowest BCUT2D eigenvalue weighted by atomic mass is 10.2. The van der Waals surface area contributed by atoms with Gasteiger partial charge in [-0.2, -0.15) is 4.31 Å². The van der Waals surface area contributed by atoms with Crippen molar-refractivity contribution in [1.82, 2.24) is 9.62 Å². The molecule has 0 radical (unpaired) electrons. The summed E-state index contributed by atoms with van der Waals surface area (Å²) in [6.45, 7) is 3.49. The monoisotopic (exact) mass is 354 g/mol. The summed E-state index contributed by atoms with van der Waals surface area (Å²) in [4.78, 5) is 12.6. The number of aryl methyl sites for hydroxylation is 1. The predicted molar refractivity (Wildman–Crippen MR) is 92.2 cm³/mol. The van der Waals surface area contributed by atoms with Crippen LogP contribution in [0.1, 0.15) is 31.2 Å². The molecule has 7 heteroatoms. The Morgan fingerprint density at radius 2 is 2.00 bits per heavy atom. The second-order valence-corrected chi connectivity index (χ2v) is 7.97. The van der Waals surface area contributed by atoms with E-state index < -0.39 is 16.1 Å². The molecular formula is C17H26N2O4S. The zero-order valence-electron chi connectivity index (χ0n) is 14.3. The van der Waals surface area contributed by atoms with Crippen molar-refractivity contribution < 1.29 is 17.9 Å². The van der Waals surface area contributed by atoms with Gasteiger partial charge in [0.1, 0.15) is 6.04 Å². The first-order chi connectivity index (χ1) is 11.5. The maximum absolute atomic E-state index is 12.8. The van der Waals surface area contributed by atoms with E-state index in [1.807, 2.05) is 6.92 Å². The van der Waals surface area contributed by atoms with Gasteiger partial charge in [-0.3, -0.25) is 4.79 Å². The third kappa shape index (κ3) is 4.55. The lowest BCUT2D eigenvalue weighted by Gasteiger charge is -2.23. The summed E-state index contributed by atoms with van der Waals surface area (Å²) < 4.78 is 31.9. The van der Waals surface area contributed by atoms with Gasteiger partial charge < -0.3 is 10.1 Å². The molecular weight excluding hydrogens is 328 g/mol. The second kappa shape index (κ2) is 8.60. The van der Waals surface area contributed by atoms with Gasteiger partial charge in [0.2, 0.25) is 15.9 Å². The average Bonchev–Trinajstić information content (AvgIpc) is 3.05. The number of hydrogen-bond donors (Lipinski definition) is 1. The SMILES string of the molecule is COCCCCNC(=O)[C@@H]1CCCN1S(=O)(=O)c1ccc(C)cc1. The molecule has 1 aromatic carbocycles. The zero-order valence-corrected chi connectivity index (χ0v) is 15.1. The normalized spacial score (nSPS) is 18.7. The van der Waals surface area contributed by atoms with Crippen molar-refractivity contribution in [2.24, 2.45) is 0 Å². The standard InChI is InChI=1S/C17H26N2O4S/c1-14-7-9-15(10-8-14)24(21,22)19-12-5-6-16(19)17(20)18-11-3-4-13-23-2/h7-10,16H,3-6,11-13H2,1-2H3,(H,18,20)/t16-/m0/s1. The number of nitrogens with zero attached hydrogens (tertiary/aromatic N) is 1. The van der Waals surface area contributed by atoms with Gasteiger partial charge in [-0.05, 0) is 44.7 Å². The summed E-state index contributed by atoms with van der Waals surface area (Å²) >= 11 is 0. The van der Waals surface area contributed by atoms with Gasteiger partial charge >= 0.3 is 0 Å². The van der Waals surface area contributed by atoms with Gasteiger partial charge in [0, 0.05) is 26.8 Å². The number of sulfonamides is 1. The molecule has 0 bridgehead atoms. The van der Waals surface area contributed by atoms with Gasteiger partial charge in [0.05, 0.1) is 4.90 Å². The van der Waals surface area contributed by atoms with Crippen molar-refractivity contribution >= 4 is 15.9 Å². The molecule has 6 nitrogen and oxygen atoms in total. The fourth-order valence-corrected chi connectivity index (χ4v) is 4.49. The number of unbranched alkanes of at least 4 members (excludes halogenated alkanes) is 1. The van der Waals surface area contributed by atoms with Crippen LogP contribution in [0.25, 0.3) is 0 Å². The minimum Gasteiger partial charge on any atom is -0.385 e. The minimum absolute atomic E-state index is 0.208. The summed E-state index contributed by atoms with van der Waals surface area (Å²) in [6.07, 6.45) is 2.95. The summed E-state index contributed by atoms with van der Waals surface area (Å²) in [5, 5.41) is 2.85. The van der Waals surface area contributed by atoms with Crippen molar-refractivity contribution in [3.05, 3.63) is 29.8 Å². The lowest BCUT2D eigenvalue weighted by molar-refractivity contribution is -0.124. The van der Waals surface area contributed by atoms with E-state index in [9.17, 15) is 13.2 Å². The highest BCUT2D eigenvalue weighted by Gasteiger charge is 2.39. The van der Waals surface area contributed by atoms with E-state index in [4.69, 9.17) is 4.74 Å². The van der Waals surface area contributed by atoms with Crippen LogP contribution < -0.4 is 5.32 Å². The Morgan fingerprint density at radius 1 is 1.29 bits per heavy atom. The summed E-state index contributed by atoms with van der Waals surface area (Å²) in [6, 6.07) is 6.13. The predicted octanol–water partition coefficient (Wildman–Crippen LogP) is 1.69. The Balaban J connectivity index is 2.01. The highest BCUT2D eigenvalue weighted by atomic mass is 32.2. The molecule has 2 rings (SSSR count). The van der Waals surface area contributed by atoms with Crippen LogP contribution in [-0.4, -0.2) is 51.5 Å². The second-order valence-electron chi connectivity index (χ2n) is 6.08. The van der Waals surface area contributed by atoms with Crippen molar-refractivity contribution in [2.45, 2.75) is 43.5 Å². The van der Waals surface area contributed by atoms with E-state index in [-0.39, 0.29) is 10.8 Å². The average molecular weight is 354 g/mol. The molecule has 1 fully saturated rings. The third-order valence-corrected chi connectivity index (χ3v) is 6.13. The van der Waals surface area contributed by atoms with Crippen LogP contribution in [0.4, 0.5) is 0 Å². The number of amides is 1. The van der Waals surface area contributed by atoms with Gasteiger partial charge in [0.25, 0.3) is 0 Å². The molecule has 24 heavy (non-hydrogen) atoms. The quantitative estimate of drug-likeness (QED) is 0.721. The van der Waals surface area contributed by atoms with Crippen LogP contribution in [0.2, 0.25) is 0 Å². The molecule has 1 aliphatic rings. The zero-order chi connectivity index (χ0) is 17.6. The third-order valence-electron chi connectivity index (χ3n) is 4.21. The number of benzene rings is 1. The molecule has 1 saturated heterocycles. The van der Waals surface area contributed by atoms with Crippen LogP contribution in [0, 0.1) is 6.92 Å². The molecule has 0 aromatic heterocycles. The van der Waals surface area contributed by atoms with E-state index in [1.54, 1.807) is 31.4 Å². The first-order valence-electron chi connectivity index (χ1n) is 8.32. The van der Waals surface area contributed by atoms with Crippen LogP contribution in [-0.2, 0) is 19.6 Å². The highest BCUT2D eigenvalue weighted by molar-refractivity contribution is 7.89. The number of rotatable bonds is 8. The fourth-order valence-electron chi connectivity index (χ4n) is 2.84. The molecule has 1 atom stereocenters. The van der Waals surface area contributed by atoms with Gasteiger partial charge in [-0.25, -0.2) is 8.42 Å². The van der Waals surface area contributed by atoms with Crippen molar-refractivity contribution in [2.75, 3.05) is 26.8 Å². The van der Waals surface area contributed by atoms with Crippen LogP contribution in [0.15, 0.2) is 29.2 Å². The fraction of sp³-hybridized carbons (Fsp3) is 0.588. The Labute approximate surface area is 144 Å². The molecule has 1 N–H and O–H groups in total. The number of nitrogens with one attached hydrogen (secondary N) is 1. The van der Waals surface area contributed by atoms with Crippen LogP contribution >= 0.6 is 0 Å². The number of methoxy groups -OCH3 is 1. The minimum atomic E-state index is -3.64. The molecule has 134 valence electrons. The molecule has 0 saturated carbocycles. The van der Waals surface area contributed by atoms with Crippen molar-refractivity contribution in [1.29, 1.82) is 0 Å². The molecule has 1 aliphatic heterocycles. The van der Waals surface area contributed by atoms with Gasteiger partial charge in [0.15, 0.2) is 0 Å². The van der Waals surface area contributed by atoms with Crippen molar-refractivity contribution in [3.63, 3.8) is 0 Å². The van der Waals surface area contributed by atoms with E-state index in [0.29, 0.717) is 32.5 Å². The van der Waals surface area contributed by atoms with E-state index >= 15 is 0 Å². The largest absolute Gasteiger partial charge is 0.385 e. The Bertz CT molecular complexity index is 643. The van der Waals surface area contributed by atoms with Crippen molar-refractivity contribution in [3.8, 4) is 0 Å². The molecule has 0 unspecified atom stereocenters. The molecule has 0 spiro atoms. The molecule has 1 heterocycles. The lowest BCUT2D eigenvalue weighted by Crippen LogP contribution is -2.46. The first-order valence-corrected chi connectivity index (χ1v) is 9.76. The topological polar surface area (TPSA) is 75.7 Å². The van der Waals surface area contributed by atoms with Crippen LogP contribution in [0.3, 0.4) is 0 Å². The van der Waals surface area contributed by atoms with Gasteiger partial charge in [-0.1, -0.05) is 17.7 Å². The number of carbonyl (C=O) groups excluding carboxylic acids is 1. The highest BCUT2D eigenvalue weighted by Crippen LogP contribution is 2.26. The summed E-state index contributed by atoms with van der Waals surface area (Å²) in [5.74, 6) is -0.208. The Kier molecular flexibility index (Phi) is 6.77. The Morgan fingerprint density at radius 3 is 2.67 bits per heavy atom. The summed E-state index contributed by atoms with van der Waals surface area (Å²) in [5.41, 5.74) is 1.00. The number of carbonyl (C=O) groups is 1. The summed E-state index contributed by atoms with van der Waals surface area (Å²) in [7, 11) is -1.99. The molecule has 1 aromatic rings. The Hall–Kier alpha value is -1.44. The maximum Gasteiger partial charge on any atom is 0.243 e. The molecule has 0 aliphatic carbocycles. The number of hydrogen-bond acceptors (Lipinski definition) is 4. The number of ether oxygens (including phenoxy) is 1. The van der Waals surface area contributed by atoms with Crippen LogP contribution in [0.5, 0.6) is 0 Å². The molecule has 1 amide bonds. The first kappa shape index (κ1) is 18.9. The van der Waals surface area contributed by atoms with E-state index in [2.05, 4.69) is 5.32 Å². The van der Waals surface area contributed by atoms with Gasteiger partial charge in [-0.15, -0.1) is 0 Å². The van der Waals surface area contributed by atoms with E-state index in [1.165, 1.54) is 4.31 Å². The van der Waals surface area contributed by atoms with E-state index in [0.717, 1.165) is 18.4 Å². The maximum atomic E-state index is 12.8.